The third kappa shape index (κ3) is 4.49. The average molecular weight is 329 g/mol. The van der Waals surface area contributed by atoms with E-state index in [9.17, 15) is 14.7 Å². The molecule has 0 saturated carbocycles. The van der Waals surface area contributed by atoms with Crippen LogP contribution in [0.2, 0.25) is 0 Å². The van der Waals surface area contributed by atoms with Crippen molar-refractivity contribution in [2.75, 3.05) is 5.32 Å². The van der Waals surface area contributed by atoms with Crippen LogP contribution in [0.3, 0.4) is 0 Å². The molecule has 0 aliphatic heterocycles. The molecule has 2 aromatic carbocycles. The highest BCUT2D eigenvalue weighted by Gasteiger charge is 2.16. The molecule has 0 aliphatic carbocycles. The van der Waals surface area contributed by atoms with Gasteiger partial charge in [0.2, 0.25) is 0 Å². The summed E-state index contributed by atoms with van der Waals surface area (Å²) >= 11 is 0. The van der Waals surface area contributed by atoms with Crippen molar-refractivity contribution in [3.05, 3.63) is 48.0 Å². The third-order valence-corrected chi connectivity index (χ3v) is 3.07. The number of carbonyl (C=O) groups is 2. The lowest BCUT2D eigenvalue weighted by Crippen LogP contribution is -2.27. The zero-order chi connectivity index (χ0) is 17.9. The molecule has 6 heteroatoms. The molecule has 6 nitrogen and oxygen atoms in total. The molecule has 0 unspecified atom stereocenters. The number of carboxylic acid groups (broad SMARTS) is 1. The fourth-order valence-corrected chi connectivity index (χ4v) is 2.08. The average Bonchev–Trinajstić information content (AvgIpc) is 2.45. The first-order chi connectivity index (χ1) is 11.2. The summed E-state index contributed by atoms with van der Waals surface area (Å²) in [5, 5.41) is 21.3. The number of phenols is 1. The van der Waals surface area contributed by atoms with Crippen molar-refractivity contribution in [1.29, 1.82) is 0 Å². The van der Waals surface area contributed by atoms with Gasteiger partial charge in [-0.15, -0.1) is 0 Å². The van der Waals surface area contributed by atoms with Crippen molar-refractivity contribution in [3.8, 4) is 16.9 Å². The Kier molecular flexibility index (Phi) is 4.78. The predicted octanol–water partition coefficient (Wildman–Crippen LogP) is 4.10. The van der Waals surface area contributed by atoms with Gasteiger partial charge >= 0.3 is 12.1 Å². The SMILES string of the molecule is CC(C)(C)OC(=O)Nc1cccc(-c2ccc(O)c(C(=O)O)c2)c1. The lowest BCUT2D eigenvalue weighted by molar-refractivity contribution is 0.0634. The van der Waals surface area contributed by atoms with E-state index in [1.165, 1.54) is 12.1 Å². The molecule has 0 aliphatic rings. The van der Waals surface area contributed by atoms with Gasteiger partial charge in [-0.1, -0.05) is 18.2 Å². The summed E-state index contributed by atoms with van der Waals surface area (Å²) in [4.78, 5) is 22.9. The number of aromatic hydroxyl groups is 1. The second-order valence-electron chi connectivity index (χ2n) is 6.24. The lowest BCUT2D eigenvalue weighted by atomic mass is 10.0. The first-order valence-electron chi connectivity index (χ1n) is 7.32. The van der Waals surface area contributed by atoms with Gasteiger partial charge in [0.15, 0.2) is 0 Å². The number of aromatic carboxylic acids is 1. The fraction of sp³-hybridized carbons (Fsp3) is 0.222. The van der Waals surface area contributed by atoms with Crippen LogP contribution in [0.5, 0.6) is 5.75 Å². The molecule has 0 atom stereocenters. The van der Waals surface area contributed by atoms with E-state index in [-0.39, 0.29) is 11.3 Å². The maximum atomic E-state index is 11.8. The van der Waals surface area contributed by atoms with E-state index in [0.717, 1.165) is 0 Å². The smallest absolute Gasteiger partial charge is 0.412 e. The van der Waals surface area contributed by atoms with E-state index in [4.69, 9.17) is 9.84 Å². The van der Waals surface area contributed by atoms with Gasteiger partial charge in [0, 0.05) is 5.69 Å². The van der Waals surface area contributed by atoms with Crippen LogP contribution in [0.4, 0.5) is 10.5 Å². The largest absolute Gasteiger partial charge is 0.507 e. The molecule has 0 fully saturated rings. The van der Waals surface area contributed by atoms with E-state index >= 15 is 0 Å². The summed E-state index contributed by atoms with van der Waals surface area (Å²) in [6, 6.07) is 11.2. The minimum Gasteiger partial charge on any atom is -0.507 e. The number of nitrogens with one attached hydrogen (secondary N) is 1. The maximum absolute atomic E-state index is 11.8. The summed E-state index contributed by atoms with van der Waals surface area (Å²) in [5.41, 5.74) is 1.04. The molecule has 24 heavy (non-hydrogen) atoms. The van der Waals surface area contributed by atoms with Crippen molar-refractivity contribution in [2.24, 2.45) is 0 Å². The van der Waals surface area contributed by atoms with E-state index in [1.54, 1.807) is 51.1 Å². The molecule has 0 spiro atoms. The van der Waals surface area contributed by atoms with Gasteiger partial charge in [0.1, 0.15) is 16.9 Å². The van der Waals surface area contributed by atoms with E-state index < -0.39 is 17.7 Å². The number of benzene rings is 2. The zero-order valence-corrected chi connectivity index (χ0v) is 13.7. The highest BCUT2D eigenvalue weighted by molar-refractivity contribution is 5.93. The van der Waals surface area contributed by atoms with Gasteiger partial charge < -0.3 is 14.9 Å². The van der Waals surface area contributed by atoms with Crippen LogP contribution >= 0.6 is 0 Å². The first-order valence-corrected chi connectivity index (χ1v) is 7.32. The van der Waals surface area contributed by atoms with Crippen molar-refractivity contribution >= 4 is 17.7 Å². The summed E-state index contributed by atoms with van der Waals surface area (Å²) in [6.45, 7) is 5.31. The molecular formula is C18H19NO5. The topological polar surface area (TPSA) is 95.9 Å². The Morgan fingerprint density at radius 3 is 2.33 bits per heavy atom. The Labute approximate surface area is 139 Å². The lowest BCUT2D eigenvalue weighted by Gasteiger charge is -2.19. The highest BCUT2D eigenvalue weighted by atomic mass is 16.6. The summed E-state index contributed by atoms with van der Waals surface area (Å²) in [7, 11) is 0. The number of hydrogen-bond donors (Lipinski definition) is 3. The molecule has 2 aromatic rings. The van der Waals surface area contributed by atoms with E-state index in [1.807, 2.05) is 0 Å². The maximum Gasteiger partial charge on any atom is 0.412 e. The van der Waals surface area contributed by atoms with Crippen LogP contribution in [0, 0.1) is 0 Å². The minimum absolute atomic E-state index is 0.182. The van der Waals surface area contributed by atoms with Gasteiger partial charge in [-0.25, -0.2) is 9.59 Å². The van der Waals surface area contributed by atoms with Gasteiger partial charge in [0.05, 0.1) is 0 Å². The highest BCUT2D eigenvalue weighted by Crippen LogP contribution is 2.28. The van der Waals surface area contributed by atoms with Crippen LogP contribution in [0.1, 0.15) is 31.1 Å². The predicted molar refractivity (Wildman–Crippen MR) is 90.4 cm³/mol. The fourth-order valence-electron chi connectivity index (χ4n) is 2.08. The minimum atomic E-state index is -1.21. The van der Waals surface area contributed by atoms with Crippen molar-refractivity contribution in [2.45, 2.75) is 26.4 Å². The van der Waals surface area contributed by atoms with Crippen LogP contribution < -0.4 is 5.32 Å². The van der Waals surface area contributed by atoms with Gasteiger partial charge in [-0.3, -0.25) is 5.32 Å². The van der Waals surface area contributed by atoms with Crippen molar-refractivity contribution in [3.63, 3.8) is 0 Å². The molecule has 126 valence electrons. The van der Waals surface area contributed by atoms with Crippen LogP contribution in [0.25, 0.3) is 11.1 Å². The Balaban J connectivity index is 2.26. The molecule has 0 heterocycles. The number of hydrogen-bond acceptors (Lipinski definition) is 4. The van der Waals surface area contributed by atoms with Gasteiger partial charge in [-0.05, 0) is 56.2 Å². The molecule has 0 saturated heterocycles. The van der Waals surface area contributed by atoms with Crippen molar-refractivity contribution in [1.82, 2.24) is 0 Å². The molecular weight excluding hydrogens is 310 g/mol. The second-order valence-corrected chi connectivity index (χ2v) is 6.24. The summed E-state index contributed by atoms with van der Waals surface area (Å²) in [5.74, 6) is -1.51. The van der Waals surface area contributed by atoms with E-state index in [2.05, 4.69) is 5.32 Å². The number of rotatable bonds is 3. The van der Waals surface area contributed by atoms with Crippen LogP contribution in [-0.2, 0) is 4.74 Å². The van der Waals surface area contributed by atoms with Crippen LogP contribution in [0.15, 0.2) is 42.5 Å². The molecule has 0 bridgehead atoms. The molecule has 3 N–H and O–H groups in total. The quantitative estimate of drug-likeness (QED) is 0.787. The number of anilines is 1. The van der Waals surface area contributed by atoms with Crippen LogP contribution in [-0.4, -0.2) is 27.9 Å². The Bertz CT molecular complexity index is 777. The monoisotopic (exact) mass is 329 g/mol. The second kappa shape index (κ2) is 6.62. The standard InChI is InChI=1S/C18H19NO5/c1-18(2,3)24-17(23)19-13-6-4-5-11(9-13)12-7-8-15(20)14(10-12)16(21)22/h4-10,20H,1-3H3,(H,19,23)(H,21,22). The van der Waals surface area contributed by atoms with Gasteiger partial charge in [-0.2, -0.15) is 0 Å². The Morgan fingerprint density at radius 2 is 1.71 bits per heavy atom. The number of carboxylic acids is 1. The third-order valence-electron chi connectivity index (χ3n) is 3.07. The molecule has 0 radical (unpaired) electrons. The zero-order valence-electron chi connectivity index (χ0n) is 13.7. The number of amides is 1. The summed E-state index contributed by atoms with van der Waals surface area (Å²) < 4.78 is 5.19. The Morgan fingerprint density at radius 1 is 1.04 bits per heavy atom. The van der Waals surface area contributed by atoms with Gasteiger partial charge in [0.25, 0.3) is 0 Å². The number of ether oxygens (including phenoxy) is 1. The Hall–Kier alpha value is -3.02. The first kappa shape index (κ1) is 17.3. The number of carbonyl (C=O) groups excluding carboxylic acids is 1. The normalized spacial score (nSPS) is 11.0. The molecule has 2 rings (SSSR count). The molecule has 0 aromatic heterocycles. The summed E-state index contributed by atoms with van der Waals surface area (Å²) in [6.07, 6.45) is -0.573. The van der Waals surface area contributed by atoms with E-state index in [0.29, 0.717) is 16.8 Å². The van der Waals surface area contributed by atoms with Crippen molar-refractivity contribution < 1.29 is 24.5 Å². The molecule has 1 amide bonds.